The van der Waals surface area contributed by atoms with E-state index < -0.39 is 0 Å². The third-order valence-corrected chi connectivity index (χ3v) is 5.08. The van der Waals surface area contributed by atoms with E-state index in [4.69, 9.17) is 0 Å². The molecule has 0 radical (unpaired) electrons. The number of likely N-dealkylation sites (N-methyl/N-ethyl adjacent to an activating group) is 1. The summed E-state index contributed by atoms with van der Waals surface area (Å²) in [5.41, 5.74) is 4.33. The summed E-state index contributed by atoms with van der Waals surface area (Å²) in [7, 11) is 2.15. The van der Waals surface area contributed by atoms with Crippen LogP contribution >= 0.6 is 0 Å². The number of hydrogen-bond donors (Lipinski definition) is 1. The van der Waals surface area contributed by atoms with Gasteiger partial charge in [0.15, 0.2) is 0 Å². The second-order valence-corrected chi connectivity index (χ2v) is 7.12. The molecule has 1 aliphatic rings. The zero-order valence-corrected chi connectivity index (χ0v) is 15.8. The van der Waals surface area contributed by atoms with Gasteiger partial charge in [-0.05, 0) is 50.4 Å². The van der Waals surface area contributed by atoms with E-state index in [1.54, 1.807) is 0 Å². The molecule has 0 atom stereocenters. The lowest BCUT2D eigenvalue weighted by Gasteiger charge is -2.34. The Kier molecular flexibility index (Phi) is 4.77. The Labute approximate surface area is 159 Å². The minimum absolute atomic E-state index is 0.107. The molecule has 2 heterocycles. The van der Waals surface area contributed by atoms with Crippen LogP contribution in [0.15, 0.2) is 54.6 Å². The minimum Gasteiger partial charge on any atom is -0.369 e. The first-order valence-electron chi connectivity index (χ1n) is 9.31. The lowest BCUT2D eigenvalue weighted by Crippen LogP contribution is -2.44. The first-order valence-corrected chi connectivity index (χ1v) is 9.31. The van der Waals surface area contributed by atoms with Gasteiger partial charge in [-0.15, -0.1) is 0 Å². The third-order valence-electron chi connectivity index (χ3n) is 5.08. The van der Waals surface area contributed by atoms with Gasteiger partial charge in [0.2, 0.25) is 0 Å². The van der Waals surface area contributed by atoms with E-state index in [1.807, 2.05) is 49.4 Å². The molecule has 27 heavy (non-hydrogen) atoms. The maximum Gasteiger partial charge on any atom is 0.256 e. The number of aromatic nitrogens is 1. The molecule has 0 aliphatic carbocycles. The van der Waals surface area contributed by atoms with Crippen LogP contribution in [0.5, 0.6) is 0 Å². The summed E-state index contributed by atoms with van der Waals surface area (Å²) in [6.07, 6.45) is 0. The molecule has 1 aliphatic heterocycles. The van der Waals surface area contributed by atoms with Gasteiger partial charge in [0.05, 0.1) is 11.1 Å². The van der Waals surface area contributed by atoms with Crippen LogP contribution in [0.4, 0.5) is 11.4 Å². The van der Waals surface area contributed by atoms with Crippen LogP contribution in [0, 0.1) is 6.92 Å². The average Bonchev–Trinajstić information content (AvgIpc) is 2.68. The van der Waals surface area contributed by atoms with Crippen LogP contribution < -0.4 is 10.2 Å². The standard InChI is InChI=1S/C22H24N4O/c1-16-15-20(19-5-3-4-6-21(19)23-16)22(27)24-17-7-9-18(10-8-17)26-13-11-25(2)12-14-26/h3-10,15H,11-14H2,1-2H3,(H,24,27). The zero-order valence-electron chi connectivity index (χ0n) is 15.8. The number of amides is 1. The van der Waals surface area contributed by atoms with Gasteiger partial charge in [-0.2, -0.15) is 0 Å². The largest absolute Gasteiger partial charge is 0.369 e. The number of fused-ring (bicyclic) bond motifs is 1. The molecule has 0 bridgehead atoms. The van der Waals surface area contributed by atoms with Gasteiger partial charge < -0.3 is 15.1 Å². The first kappa shape index (κ1) is 17.5. The molecule has 2 aromatic carbocycles. The lowest BCUT2D eigenvalue weighted by molar-refractivity contribution is 0.102. The number of aryl methyl sites for hydroxylation is 1. The van der Waals surface area contributed by atoms with Crippen LogP contribution in [-0.4, -0.2) is 49.0 Å². The molecule has 1 N–H and O–H groups in total. The Morgan fingerprint density at radius 3 is 2.44 bits per heavy atom. The Bertz CT molecular complexity index is 960. The Hall–Kier alpha value is -2.92. The number of carbonyl (C=O) groups is 1. The first-order chi connectivity index (χ1) is 13.1. The molecular weight excluding hydrogens is 336 g/mol. The van der Waals surface area contributed by atoms with Crippen molar-refractivity contribution < 1.29 is 4.79 Å². The number of para-hydroxylation sites is 1. The van der Waals surface area contributed by atoms with Crippen molar-refractivity contribution in [1.82, 2.24) is 9.88 Å². The Morgan fingerprint density at radius 1 is 1.00 bits per heavy atom. The van der Waals surface area contributed by atoms with E-state index >= 15 is 0 Å². The number of pyridine rings is 1. The second-order valence-electron chi connectivity index (χ2n) is 7.12. The van der Waals surface area contributed by atoms with Crippen LogP contribution in [-0.2, 0) is 0 Å². The van der Waals surface area contributed by atoms with Gasteiger partial charge in [-0.25, -0.2) is 0 Å². The van der Waals surface area contributed by atoms with E-state index in [0.717, 1.165) is 48.5 Å². The zero-order chi connectivity index (χ0) is 18.8. The molecule has 1 saturated heterocycles. The van der Waals surface area contributed by atoms with Gasteiger partial charge in [0.25, 0.3) is 5.91 Å². The maximum atomic E-state index is 12.8. The molecular formula is C22H24N4O. The summed E-state index contributed by atoms with van der Waals surface area (Å²) < 4.78 is 0. The fourth-order valence-corrected chi connectivity index (χ4v) is 3.51. The van der Waals surface area contributed by atoms with E-state index in [2.05, 4.69) is 39.3 Å². The van der Waals surface area contributed by atoms with Gasteiger partial charge in [0, 0.05) is 48.6 Å². The highest BCUT2D eigenvalue weighted by molar-refractivity contribution is 6.12. The van der Waals surface area contributed by atoms with Crippen molar-refractivity contribution >= 4 is 28.2 Å². The molecule has 5 nitrogen and oxygen atoms in total. The van der Waals surface area contributed by atoms with Crippen molar-refractivity contribution in [3.63, 3.8) is 0 Å². The normalized spacial score (nSPS) is 15.1. The average molecular weight is 360 g/mol. The number of nitrogens with zero attached hydrogens (tertiary/aromatic N) is 3. The molecule has 5 heteroatoms. The quantitative estimate of drug-likeness (QED) is 0.776. The number of hydrogen-bond acceptors (Lipinski definition) is 4. The summed E-state index contributed by atoms with van der Waals surface area (Å²) in [6, 6.07) is 17.7. The highest BCUT2D eigenvalue weighted by atomic mass is 16.1. The highest BCUT2D eigenvalue weighted by Crippen LogP contribution is 2.22. The smallest absolute Gasteiger partial charge is 0.256 e. The highest BCUT2D eigenvalue weighted by Gasteiger charge is 2.15. The van der Waals surface area contributed by atoms with E-state index in [-0.39, 0.29) is 5.91 Å². The van der Waals surface area contributed by atoms with E-state index in [0.29, 0.717) is 5.56 Å². The molecule has 138 valence electrons. The fraction of sp³-hybridized carbons (Fsp3) is 0.273. The predicted octanol–water partition coefficient (Wildman–Crippen LogP) is 3.55. The molecule has 1 amide bonds. The molecule has 4 rings (SSSR count). The van der Waals surface area contributed by atoms with Crippen molar-refractivity contribution in [3.8, 4) is 0 Å². The van der Waals surface area contributed by atoms with Gasteiger partial charge in [-0.3, -0.25) is 9.78 Å². The number of anilines is 2. The van der Waals surface area contributed by atoms with Gasteiger partial charge in [-0.1, -0.05) is 18.2 Å². The second kappa shape index (κ2) is 7.37. The van der Waals surface area contributed by atoms with E-state index in [1.165, 1.54) is 5.69 Å². The maximum absolute atomic E-state index is 12.8. The van der Waals surface area contributed by atoms with Crippen LogP contribution in [0.25, 0.3) is 10.9 Å². The Balaban J connectivity index is 1.52. The van der Waals surface area contributed by atoms with E-state index in [9.17, 15) is 4.79 Å². The number of benzene rings is 2. The van der Waals surface area contributed by atoms with Crippen LogP contribution in [0.2, 0.25) is 0 Å². The van der Waals surface area contributed by atoms with Crippen molar-refractivity contribution in [2.75, 3.05) is 43.4 Å². The van der Waals surface area contributed by atoms with Crippen molar-refractivity contribution in [2.45, 2.75) is 6.92 Å². The molecule has 0 spiro atoms. The summed E-state index contributed by atoms with van der Waals surface area (Å²) in [5, 5.41) is 3.89. The summed E-state index contributed by atoms with van der Waals surface area (Å²) in [4.78, 5) is 22.1. The van der Waals surface area contributed by atoms with Gasteiger partial charge >= 0.3 is 0 Å². The van der Waals surface area contributed by atoms with Crippen LogP contribution in [0.3, 0.4) is 0 Å². The third kappa shape index (κ3) is 3.78. The number of carbonyl (C=O) groups excluding carboxylic acids is 1. The molecule has 1 aromatic heterocycles. The fourth-order valence-electron chi connectivity index (χ4n) is 3.51. The Morgan fingerprint density at radius 2 is 1.70 bits per heavy atom. The van der Waals surface area contributed by atoms with Crippen molar-refractivity contribution in [1.29, 1.82) is 0 Å². The number of nitrogens with one attached hydrogen (secondary N) is 1. The summed E-state index contributed by atoms with van der Waals surface area (Å²) in [5.74, 6) is -0.107. The van der Waals surface area contributed by atoms with Crippen molar-refractivity contribution in [3.05, 3.63) is 65.9 Å². The van der Waals surface area contributed by atoms with Gasteiger partial charge in [0.1, 0.15) is 0 Å². The SMILES string of the molecule is Cc1cc(C(=O)Nc2ccc(N3CCN(C)CC3)cc2)c2ccccc2n1. The number of piperazine rings is 1. The van der Waals surface area contributed by atoms with Crippen molar-refractivity contribution in [2.24, 2.45) is 0 Å². The number of rotatable bonds is 3. The monoisotopic (exact) mass is 360 g/mol. The summed E-state index contributed by atoms with van der Waals surface area (Å²) in [6.45, 7) is 6.13. The molecule has 0 unspecified atom stereocenters. The lowest BCUT2D eigenvalue weighted by atomic mass is 10.1. The molecule has 0 saturated carbocycles. The predicted molar refractivity (Wildman–Crippen MR) is 111 cm³/mol. The van der Waals surface area contributed by atoms with Crippen LogP contribution in [0.1, 0.15) is 16.1 Å². The molecule has 1 fully saturated rings. The topological polar surface area (TPSA) is 48.5 Å². The minimum atomic E-state index is -0.107. The molecule has 3 aromatic rings. The summed E-state index contributed by atoms with van der Waals surface area (Å²) >= 11 is 0.